The van der Waals surface area contributed by atoms with Crippen molar-refractivity contribution in [2.45, 2.75) is 63.5 Å². The summed E-state index contributed by atoms with van der Waals surface area (Å²) in [5, 5.41) is 9.51. The Labute approximate surface area is 253 Å². The number of ether oxygens (including phenoxy) is 1. The molecule has 2 aliphatic rings. The summed E-state index contributed by atoms with van der Waals surface area (Å²) < 4.78 is 47.2. The highest BCUT2D eigenvalue weighted by Crippen LogP contribution is 2.38. The van der Waals surface area contributed by atoms with Gasteiger partial charge in [0, 0.05) is 39.3 Å². The van der Waals surface area contributed by atoms with Crippen molar-refractivity contribution in [3.8, 4) is 6.07 Å². The Bertz CT molecular complexity index is 1640. The largest absolute Gasteiger partial charge is 0.416 e. The molecule has 0 saturated carbocycles. The lowest BCUT2D eigenvalue weighted by atomic mass is 9.91. The second-order valence-electron chi connectivity index (χ2n) is 11.8. The van der Waals surface area contributed by atoms with Gasteiger partial charge in [0.15, 0.2) is 5.82 Å². The average Bonchev–Trinajstić information content (AvgIpc) is 3.00. The number of carbonyl (C=O) groups is 1. The quantitative estimate of drug-likeness (QED) is 0.396. The number of amides is 1. The summed E-state index contributed by atoms with van der Waals surface area (Å²) in [4.78, 5) is 41.8. The zero-order valence-corrected chi connectivity index (χ0v) is 25.4. The number of alkyl halides is 3. The van der Waals surface area contributed by atoms with Crippen molar-refractivity contribution in [3.63, 3.8) is 0 Å². The Morgan fingerprint density at radius 3 is 2.32 bits per heavy atom. The highest BCUT2D eigenvalue weighted by atomic mass is 19.4. The lowest BCUT2D eigenvalue weighted by molar-refractivity contribution is -0.164. The number of hydrogen-bond acceptors (Lipinski definition) is 8. The first-order valence-electron chi connectivity index (χ1n) is 14.7. The molecule has 2 aliphatic heterocycles. The number of rotatable bonds is 7. The van der Waals surface area contributed by atoms with Crippen LogP contribution in [0.25, 0.3) is 11.0 Å². The molecule has 5 rings (SSSR count). The van der Waals surface area contributed by atoms with Crippen LogP contribution >= 0.6 is 0 Å². The van der Waals surface area contributed by atoms with Crippen LogP contribution in [-0.4, -0.2) is 81.2 Å². The van der Waals surface area contributed by atoms with E-state index < -0.39 is 29.1 Å². The molecule has 1 aromatic carbocycles. The van der Waals surface area contributed by atoms with Crippen LogP contribution in [-0.2, 0) is 22.8 Å². The number of nitriles is 1. The van der Waals surface area contributed by atoms with E-state index in [1.54, 1.807) is 31.2 Å². The predicted molar refractivity (Wildman–Crippen MR) is 158 cm³/mol. The standard InChI is InChI=1S/C31H36F3N7O3/c1-6-22-16-41(27-25-24(38(4)29(43)37-27)13-12-21(14-35)36-25)23(7-2)15-40(22)26(28(42)39-17-30(3,18-39)44-5)19-8-10-20(11-9-19)31(32,33)34/h8-13,22-23,26H,6-7,15-18H2,1-5H3/t22-,23+,26?/m1/s1. The van der Waals surface area contributed by atoms with Gasteiger partial charge >= 0.3 is 11.9 Å². The molecule has 0 aliphatic carbocycles. The van der Waals surface area contributed by atoms with Crippen molar-refractivity contribution in [2.75, 3.05) is 38.2 Å². The maximum absolute atomic E-state index is 14.1. The Morgan fingerprint density at radius 2 is 1.75 bits per heavy atom. The summed E-state index contributed by atoms with van der Waals surface area (Å²) in [6.07, 6.45) is -3.25. The van der Waals surface area contributed by atoms with Gasteiger partial charge in [-0.1, -0.05) is 26.0 Å². The monoisotopic (exact) mass is 611 g/mol. The zero-order valence-electron chi connectivity index (χ0n) is 25.4. The second-order valence-corrected chi connectivity index (χ2v) is 11.8. The fourth-order valence-electron chi connectivity index (χ4n) is 6.28. The first-order valence-corrected chi connectivity index (χ1v) is 14.7. The van der Waals surface area contributed by atoms with Crippen molar-refractivity contribution >= 4 is 22.8 Å². The SMILES string of the molecule is CC[C@H]1CN(C(C(=O)N2CC(C)(OC)C2)c2ccc(C(F)(F)F)cc2)[C@H](CC)CN1c1nc(=O)n(C)c2ccc(C#N)nc12. The summed E-state index contributed by atoms with van der Waals surface area (Å²) in [7, 11) is 3.19. The van der Waals surface area contributed by atoms with Gasteiger partial charge in [0.1, 0.15) is 23.3 Å². The smallest absolute Gasteiger partial charge is 0.375 e. The number of pyridine rings is 1. The molecule has 44 heavy (non-hydrogen) atoms. The number of halogens is 3. The van der Waals surface area contributed by atoms with Crippen molar-refractivity contribution in [3.05, 3.63) is 63.7 Å². The molecule has 0 radical (unpaired) electrons. The molecule has 2 aromatic heterocycles. The molecule has 10 nitrogen and oxygen atoms in total. The third kappa shape index (κ3) is 5.64. The van der Waals surface area contributed by atoms with E-state index in [2.05, 4.69) is 20.9 Å². The summed E-state index contributed by atoms with van der Waals surface area (Å²) >= 11 is 0. The number of benzene rings is 1. The van der Waals surface area contributed by atoms with Crippen LogP contribution in [0.5, 0.6) is 0 Å². The topological polar surface area (TPSA) is 108 Å². The van der Waals surface area contributed by atoms with Crippen LogP contribution in [0, 0.1) is 11.3 Å². The maximum Gasteiger partial charge on any atom is 0.416 e. The number of fused-ring (bicyclic) bond motifs is 1. The van der Waals surface area contributed by atoms with E-state index in [-0.39, 0.29) is 23.7 Å². The fraction of sp³-hybridized carbons (Fsp3) is 0.516. The van der Waals surface area contributed by atoms with Crippen molar-refractivity contribution in [2.24, 2.45) is 7.05 Å². The van der Waals surface area contributed by atoms with Crippen LogP contribution in [0.1, 0.15) is 56.5 Å². The van der Waals surface area contributed by atoms with Gasteiger partial charge in [0.05, 0.1) is 29.8 Å². The molecule has 1 unspecified atom stereocenters. The molecular formula is C31H36F3N7O3. The van der Waals surface area contributed by atoms with Crippen molar-refractivity contribution in [1.29, 1.82) is 5.26 Å². The molecule has 2 fully saturated rings. The number of carbonyl (C=O) groups excluding carboxylic acids is 1. The molecule has 0 bridgehead atoms. The highest BCUT2D eigenvalue weighted by Gasteiger charge is 2.47. The van der Waals surface area contributed by atoms with Crippen LogP contribution in [0.15, 0.2) is 41.2 Å². The predicted octanol–water partition coefficient (Wildman–Crippen LogP) is 3.89. The van der Waals surface area contributed by atoms with Gasteiger partial charge in [-0.15, -0.1) is 0 Å². The van der Waals surface area contributed by atoms with Gasteiger partial charge in [0.25, 0.3) is 0 Å². The van der Waals surface area contributed by atoms with Gasteiger partial charge in [-0.05, 0) is 49.6 Å². The van der Waals surface area contributed by atoms with E-state index in [1.165, 1.54) is 16.7 Å². The molecule has 3 aromatic rings. The zero-order chi connectivity index (χ0) is 32.0. The molecule has 234 valence electrons. The summed E-state index contributed by atoms with van der Waals surface area (Å²) in [6, 6.07) is 8.87. The van der Waals surface area contributed by atoms with E-state index >= 15 is 0 Å². The van der Waals surface area contributed by atoms with Crippen LogP contribution in [0.2, 0.25) is 0 Å². The molecule has 0 spiro atoms. The third-order valence-electron chi connectivity index (χ3n) is 8.98. The first-order chi connectivity index (χ1) is 20.8. The number of methoxy groups -OCH3 is 1. The maximum atomic E-state index is 14.1. The fourth-order valence-corrected chi connectivity index (χ4v) is 6.28. The van der Waals surface area contributed by atoms with Crippen molar-refractivity contribution in [1.82, 2.24) is 24.3 Å². The second kappa shape index (κ2) is 11.8. The minimum Gasteiger partial charge on any atom is -0.375 e. The molecule has 0 N–H and O–H groups in total. The van der Waals surface area contributed by atoms with E-state index in [0.717, 1.165) is 12.1 Å². The lowest BCUT2D eigenvalue weighted by Gasteiger charge is -2.52. The van der Waals surface area contributed by atoms with Gasteiger partial charge in [-0.3, -0.25) is 14.3 Å². The molecule has 3 atom stereocenters. The number of likely N-dealkylation sites (tertiary alicyclic amines) is 1. The normalized spacial score (nSPS) is 21.2. The number of aryl methyl sites for hydroxylation is 1. The molecule has 1 amide bonds. The Balaban J connectivity index is 1.56. The van der Waals surface area contributed by atoms with Crippen LogP contribution < -0.4 is 10.6 Å². The van der Waals surface area contributed by atoms with E-state index in [0.29, 0.717) is 61.4 Å². The minimum absolute atomic E-state index is 0.196. The molecule has 4 heterocycles. The summed E-state index contributed by atoms with van der Waals surface area (Å²) in [5.74, 6) is 0.180. The van der Waals surface area contributed by atoms with Gasteiger partial charge < -0.3 is 14.5 Å². The third-order valence-corrected chi connectivity index (χ3v) is 8.98. The first kappa shape index (κ1) is 31.4. The molecule has 2 saturated heterocycles. The minimum atomic E-state index is -4.50. The lowest BCUT2D eigenvalue weighted by Crippen LogP contribution is -2.66. The van der Waals surface area contributed by atoms with Crippen molar-refractivity contribution < 1.29 is 22.7 Å². The average molecular weight is 612 g/mol. The Morgan fingerprint density at radius 1 is 1.09 bits per heavy atom. The van der Waals surface area contributed by atoms with E-state index in [9.17, 15) is 28.0 Å². The summed E-state index contributed by atoms with van der Waals surface area (Å²) in [6.45, 7) is 7.43. The van der Waals surface area contributed by atoms with Gasteiger partial charge in [0.2, 0.25) is 5.91 Å². The van der Waals surface area contributed by atoms with Gasteiger partial charge in [-0.2, -0.15) is 23.4 Å². The Kier molecular flexibility index (Phi) is 8.43. The van der Waals surface area contributed by atoms with Gasteiger partial charge in [-0.25, -0.2) is 9.78 Å². The number of hydrogen-bond donors (Lipinski definition) is 0. The van der Waals surface area contributed by atoms with E-state index in [4.69, 9.17) is 4.74 Å². The Hall–Kier alpha value is -4.02. The van der Waals surface area contributed by atoms with Crippen LogP contribution in [0.4, 0.5) is 19.0 Å². The molecule has 13 heteroatoms. The number of anilines is 1. The number of aromatic nitrogens is 3. The summed E-state index contributed by atoms with van der Waals surface area (Å²) in [5.41, 5.74) is -0.0578. The molecular weight excluding hydrogens is 575 g/mol. The van der Waals surface area contributed by atoms with Crippen LogP contribution in [0.3, 0.4) is 0 Å². The van der Waals surface area contributed by atoms with E-state index in [1.807, 2.05) is 25.7 Å². The number of nitrogens with zero attached hydrogens (tertiary/aromatic N) is 7. The number of piperazine rings is 1. The highest BCUT2D eigenvalue weighted by molar-refractivity contribution is 5.87.